The number of methoxy groups -OCH3 is 1. The zero-order chi connectivity index (χ0) is 12.1. The van der Waals surface area contributed by atoms with E-state index in [1.54, 1.807) is 13.2 Å². The molecule has 88 valence electrons. The van der Waals surface area contributed by atoms with Gasteiger partial charge in [0.1, 0.15) is 0 Å². The molecule has 0 amide bonds. The Kier molecular flexibility index (Phi) is 4.07. The summed E-state index contributed by atoms with van der Waals surface area (Å²) in [5.41, 5.74) is 6.70. The minimum absolute atomic E-state index is 0.000679. The Morgan fingerprint density at radius 3 is 2.75 bits per heavy atom. The molecule has 0 fully saturated rings. The van der Waals surface area contributed by atoms with Gasteiger partial charge in [-0.2, -0.15) is 0 Å². The van der Waals surface area contributed by atoms with Gasteiger partial charge in [-0.3, -0.25) is 10.1 Å². The predicted octanol–water partition coefficient (Wildman–Crippen LogP) is 1.26. The minimum atomic E-state index is -0.454. The molecule has 0 unspecified atom stereocenters. The first kappa shape index (κ1) is 12.3. The Morgan fingerprint density at radius 2 is 2.19 bits per heavy atom. The summed E-state index contributed by atoms with van der Waals surface area (Å²) in [7, 11) is 3.44. The quantitative estimate of drug-likeness (QED) is 0.463. The number of hydrogen-bond acceptors (Lipinski definition) is 5. The predicted molar refractivity (Wildman–Crippen MR) is 62.7 cm³/mol. The van der Waals surface area contributed by atoms with Crippen LogP contribution in [0.15, 0.2) is 18.2 Å². The zero-order valence-electron chi connectivity index (χ0n) is 9.34. The topological polar surface area (TPSA) is 81.6 Å². The van der Waals surface area contributed by atoms with Crippen molar-refractivity contribution >= 4 is 17.1 Å². The van der Waals surface area contributed by atoms with Crippen LogP contribution in [0.5, 0.6) is 0 Å². The fraction of sp³-hybridized carbons (Fsp3) is 0.400. The Balaban J connectivity index is 2.91. The van der Waals surface area contributed by atoms with E-state index in [1.807, 2.05) is 11.9 Å². The third-order valence-corrected chi connectivity index (χ3v) is 2.21. The summed E-state index contributed by atoms with van der Waals surface area (Å²) in [5, 5.41) is 10.6. The fourth-order valence-corrected chi connectivity index (χ4v) is 1.30. The van der Waals surface area contributed by atoms with Crippen molar-refractivity contribution in [3.8, 4) is 0 Å². The van der Waals surface area contributed by atoms with Gasteiger partial charge in [0.05, 0.1) is 11.5 Å². The monoisotopic (exact) mass is 225 g/mol. The second-order valence-corrected chi connectivity index (χ2v) is 3.45. The number of non-ortho nitro benzene ring substituents is 1. The van der Waals surface area contributed by atoms with Crippen LogP contribution in [-0.2, 0) is 4.74 Å². The highest BCUT2D eigenvalue weighted by molar-refractivity contribution is 5.62. The zero-order valence-corrected chi connectivity index (χ0v) is 9.34. The van der Waals surface area contributed by atoms with Crippen LogP contribution in [-0.4, -0.2) is 32.2 Å². The van der Waals surface area contributed by atoms with Crippen molar-refractivity contribution in [3.05, 3.63) is 28.3 Å². The van der Waals surface area contributed by atoms with Crippen LogP contribution in [0, 0.1) is 10.1 Å². The summed E-state index contributed by atoms with van der Waals surface area (Å²) in [5.74, 6) is 0. The normalized spacial score (nSPS) is 10.1. The molecule has 2 N–H and O–H groups in total. The summed E-state index contributed by atoms with van der Waals surface area (Å²) in [6.45, 7) is 1.20. The van der Waals surface area contributed by atoms with Crippen molar-refractivity contribution in [3.63, 3.8) is 0 Å². The molecule has 0 saturated carbocycles. The number of rotatable bonds is 5. The van der Waals surface area contributed by atoms with Gasteiger partial charge in [0, 0.05) is 44.2 Å². The lowest BCUT2D eigenvalue weighted by atomic mass is 10.2. The molecular weight excluding hydrogens is 210 g/mol. The number of ether oxygens (including phenoxy) is 1. The van der Waals surface area contributed by atoms with Crippen LogP contribution in [0.25, 0.3) is 0 Å². The number of nitrogens with two attached hydrogens (primary N) is 1. The van der Waals surface area contributed by atoms with E-state index >= 15 is 0 Å². The lowest BCUT2D eigenvalue weighted by Crippen LogP contribution is -2.22. The fourth-order valence-electron chi connectivity index (χ4n) is 1.30. The molecule has 1 aromatic rings. The highest BCUT2D eigenvalue weighted by Gasteiger charge is 2.10. The maximum atomic E-state index is 10.6. The number of benzene rings is 1. The molecule has 6 nitrogen and oxygen atoms in total. The Labute approximate surface area is 93.8 Å². The minimum Gasteiger partial charge on any atom is -0.398 e. The molecular formula is C10H15N3O3. The lowest BCUT2D eigenvalue weighted by Gasteiger charge is -2.18. The molecule has 0 bridgehead atoms. The summed E-state index contributed by atoms with van der Waals surface area (Å²) in [6.07, 6.45) is 0. The van der Waals surface area contributed by atoms with Crippen LogP contribution in [0.2, 0.25) is 0 Å². The van der Waals surface area contributed by atoms with E-state index in [1.165, 1.54) is 12.1 Å². The smallest absolute Gasteiger partial charge is 0.273 e. The Hall–Kier alpha value is -1.82. The number of nitrogens with zero attached hydrogens (tertiary/aromatic N) is 2. The number of anilines is 2. The third kappa shape index (κ3) is 3.09. The van der Waals surface area contributed by atoms with Gasteiger partial charge < -0.3 is 15.4 Å². The van der Waals surface area contributed by atoms with Gasteiger partial charge in [-0.05, 0) is 6.07 Å². The highest BCUT2D eigenvalue weighted by Crippen LogP contribution is 2.24. The summed E-state index contributed by atoms with van der Waals surface area (Å²) >= 11 is 0. The maximum absolute atomic E-state index is 10.6. The van der Waals surface area contributed by atoms with Crippen LogP contribution in [0.1, 0.15) is 0 Å². The van der Waals surface area contributed by atoms with Crippen LogP contribution < -0.4 is 10.6 Å². The van der Waals surface area contributed by atoms with E-state index < -0.39 is 4.92 Å². The van der Waals surface area contributed by atoms with Gasteiger partial charge in [0.25, 0.3) is 5.69 Å². The molecule has 0 aliphatic carbocycles. The highest BCUT2D eigenvalue weighted by atomic mass is 16.6. The molecule has 16 heavy (non-hydrogen) atoms. The van der Waals surface area contributed by atoms with E-state index in [9.17, 15) is 10.1 Å². The molecule has 1 aromatic carbocycles. The Bertz CT molecular complexity index is 382. The van der Waals surface area contributed by atoms with Crippen LogP contribution in [0.4, 0.5) is 17.1 Å². The number of nitrogen functional groups attached to an aromatic ring is 1. The largest absolute Gasteiger partial charge is 0.398 e. The van der Waals surface area contributed by atoms with E-state index in [4.69, 9.17) is 10.5 Å². The van der Waals surface area contributed by atoms with Gasteiger partial charge in [0.15, 0.2) is 0 Å². The second kappa shape index (κ2) is 5.32. The van der Waals surface area contributed by atoms with E-state index in [2.05, 4.69) is 0 Å². The molecule has 0 aromatic heterocycles. The van der Waals surface area contributed by atoms with Gasteiger partial charge >= 0.3 is 0 Å². The number of nitro groups is 1. The Morgan fingerprint density at radius 1 is 1.50 bits per heavy atom. The van der Waals surface area contributed by atoms with Crippen molar-refractivity contribution in [2.75, 3.05) is 37.9 Å². The molecule has 6 heteroatoms. The first-order chi connectivity index (χ1) is 7.54. The maximum Gasteiger partial charge on any atom is 0.273 e. The molecule has 0 spiro atoms. The molecule has 1 rings (SSSR count). The number of nitro benzene ring substituents is 1. The van der Waals surface area contributed by atoms with Crippen molar-refractivity contribution in [1.82, 2.24) is 0 Å². The molecule has 0 heterocycles. The molecule has 0 atom stereocenters. The molecule has 0 aliphatic rings. The van der Waals surface area contributed by atoms with Crippen LogP contribution in [0.3, 0.4) is 0 Å². The summed E-state index contributed by atoms with van der Waals surface area (Å²) in [6, 6.07) is 4.53. The number of hydrogen-bond donors (Lipinski definition) is 1. The average molecular weight is 225 g/mol. The van der Waals surface area contributed by atoms with Crippen molar-refractivity contribution in [2.45, 2.75) is 0 Å². The summed E-state index contributed by atoms with van der Waals surface area (Å²) < 4.78 is 4.94. The average Bonchev–Trinajstić information content (AvgIpc) is 2.24. The molecule has 0 radical (unpaired) electrons. The standard InChI is InChI=1S/C10H15N3O3/c1-12(3-4-16-2)9-5-8(11)6-10(7-9)13(14)15/h5-7H,3-4,11H2,1-2H3. The van der Waals surface area contributed by atoms with Gasteiger partial charge in [-0.1, -0.05) is 0 Å². The lowest BCUT2D eigenvalue weighted by molar-refractivity contribution is -0.384. The molecule has 0 aliphatic heterocycles. The van der Waals surface area contributed by atoms with Gasteiger partial charge in [-0.25, -0.2) is 0 Å². The van der Waals surface area contributed by atoms with Crippen molar-refractivity contribution in [2.24, 2.45) is 0 Å². The first-order valence-electron chi connectivity index (χ1n) is 4.79. The van der Waals surface area contributed by atoms with Crippen molar-refractivity contribution < 1.29 is 9.66 Å². The van der Waals surface area contributed by atoms with E-state index in [-0.39, 0.29) is 5.69 Å². The first-order valence-corrected chi connectivity index (χ1v) is 4.79. The van der Waals surface area contributed by atoms with E-state index in [0.717, 1.165) is 0 Å². The molecule has 0 saturated heterocycles. The van der Waals surface area contributed by atoms with Crippen molar-refractivity contribution in [1.29, 1.82) is 0 Å². The van der Waals surface area contributed by atoms with Gasteiger partial charge in [-0.15, -0.1) is 0 Å². The SMILES string of the molecule is COCCN(C)c1cc(N)cc([N+](=O)[O-])c1. The van der Waals surface area contributed by atoms with E-state index in [0.29, 0.717) is 24.5 Å². The second-order valence-electron chi connectivity index (χ2n) is 3.45. The van der Waals surface area contributed by atoms with Crippen LogP contribution >= 0.6 is 0 Å². The van der Waals surface area contributed by atoms with Gasteiger partial charge in [0.2, 0.25) is 0 Å². The number of likely N-dealkylation sites (N-methyl/N-ethyl adjacent to an activating group) is 1. The third-order valence-electron chi connectivity index (χ3n) is 2.21. The summed E-state index contributed by atoms with van der Waals surface area (Å²) in [4.78, 5) is 12.0.